The largest absolute Gasteiger partial charge is 0.343 e. The molecule has 4 heteroatoms. The predicted octanol–water partition coefficient (Wildman–Crippen LogP) is 2.51. The molecule has 0 aliphatic carbocycles. The molecule has 2 saturated heterocycles. The van der Waals surface area contributed by atoms with Gasteiger partial charge in [0.2, 0.25) is 5.91 Å². The zero-order chi connectivity index (χ0) is 13.5. The van der Waals surface area contributed by atoms with Gasteiger partial charge in [0.15, 0.2) is 0 Å². The van der Waals surface area contributed by atoms with Crippen molar-refractivity contribution in [2.45, 2.75) is 51.5 Å². The monoisotopic (exact) mass is 284 g/mol. The van der Waals surface area contributed by atoms with Gasteiger partial charge in [-0.1, -0.05) is 19.8 Å². The molecule has 0 radical (unpaired) electrons. The minimum Gasteiger partial charge on any atom is -0.343 e. The second-order valence-corrected chi connectivity index (χ2v) is 7.05. The smallest absolute Gasteiger partial charge is 0.224 e. The van der Waals surface area contributed by atoms with Gasteiger partial charge in [-0.05, 0) is 25.2 Å². The normalized spacial score (nSPS) is 29.0. The summed E-state index contributed by atoms with van der Waals surface area (Å²) in [6.07, 6.45) is 7.04. The molecule has 19 heavy (non-hydrogen) atoms. The minimum atomic E-state index is 0.372. The number of thioether (sulfide) groups is 1. The van der Waals surface area contributed by atoms with Gasteiger partial charge in [-0.25, -0.2) is 0 Å². The van der Waals surface area contributed by atoms with E-state index >= 15 is 0 Å². The van der Waals surface area contributed by atoms with Gasteiger partial charge in [-0.2, -0.15) is 11.8 Å². The van der Waals surface area contributed by atoms with Crippen LogP contribution in [-0.2, 0) is 4.79 Å². The molecule has 2 unspecified atom stereocenters. The van der Waals surface area contributed by atoms with E-state index in [9.17, 15) is 4.79 Å². The van der Waals surface area contributed by atoms with E-state index in [4.69, 9.17) is 0 Å². The zero-order valence-electron chi connectivity index (χ0n) is 12.2. The molecule has 2 fully saturated rings. The van der Waals surface area contributed by atoms with Crippen LogP contribution in [0, 0.1) is 5.92 Å². The number of nitrogens with one attached hydrogen (secondary N) is 1. The summed E-state index contributed by atoms with van der Waals surface area (Å²) < 4.78 is 0. The van der Waals surface area contributed by atoms with E-state index in [0.29, 0.717) is 18.4 Å². The Labute approximate surface area is 121 Å². The fraction of sp³-hybridized carbons (Fsp3) is 0.933. The van der Waals surface area contributed by atoms with Crippen LogP contribution in [0.5, 0.6) is 0 Å². The predicted molar refractivity (Wildman–Crippen MR) is 82.6 cm³/mol. The topological polar surface area (TPSA) is 32.3 Å². The van der Waals surface area contributed by atoms with Crippen molar-refractivity contribution in [1.29, 1.82) is 0 Å². The van der Waals surface area contributed by atoms with Crippen LogP contribution in [-0.4, -0.2) is 48.0 Å². The number of hydrogen-bond donors (Lipinski definition) is 1. The van der Waals surface area contributed by atoms with Crippen LogP contribution in [0.25, 0.3) is 0 Å². The summed E-state index contributed by atoms with van der Waals surface area (Å²) in [5, 5.41) is 3.47. The van der Waals surface area contributed by atoms with Gasteiger partial charge in [0, 0.05) is 43.6 Å². The number of rotatable bonds is 4. The Morgan fingerprint density at radius 2 is 2.26 bits per heavy atom. The fourth-order valence-electron chi connectivity index (χ4n) is 3.20. The third kappa shape index (κ3) is 4.99. The molecule has 2 aliphatic heterocycles. The highest BCUT2D eigenvalue weighted by Gasteiger charge is 2.23. The molecule has 1 N–H and O–H groups in total. The molecule has 2 atom stereocenters. The standard InChI is InChI=1S/C15H28N2OS/c1-2-4-13-5-3-8-17(9-6-13)15(18)11-14-12-19-10-7-16-14/h13-14,16H,2-12H2,1H3. The maximum Gasteiger partial charge on any atom is 0.224 e. The second kappa shape index (κ2) is 8.15. The van der Waals surface area contributed by atoms with Crippen molar-refractivity contribution in [3.63, 3.8) is 0 Å². The lowest BCUT2D eigenvalue weighted by Gasteiger charge is -2.26. The van der Waals surface area contributed by atoms with Crippen molar-refractivity contribution < 1.29 is 4.79 Å². The van der Waals surface area contributed by atoms with Gasteiger partial charge in [0.05, 0.1) is 0 Å². The van der Waals surface area contributed by atoms with E-state index in [0.717, 1.165) is 31.3 Å². The van der Waals surface area contributed by atoms with Crippen molar-refractivity contribution in [2.75, 3.05) is 31.1 Å². The molecule has 0 spiro atoms. The molecule has 1 amide bonds. The molecule has 3 nitrogen and oxygen atoms in total. The molecule has 0 aromatic heterocycles. The highest BCUT2D eigenvalue weighted by Crippen LogP contribution is 2.22. The Morgan fingerprint density at radius 3 is 3.00 bits per heavy atom. The minimum absolute atomic E-state index is 0.372. The van der Waals surface area contributed by atoms with Crippen LogP contribution in [0.3, 0.4) is 0 Å². The molecule has 0 saturated carbocycles. The second-order valence-electron chi connectivity index (χ2n) is 5.90. The van der Waals surface area contributed by atoms with Crippen molar-refractivity contribution in [1.82, 2.24) is 10.2 Å². The van der Waals surface area contributed by atoms with Crippen molar-refractivity contribution in [2.24, 2.45) is 5.92 Å². The van der Waals surface area contributed by atoms with Crippen LogP contribution >= 0.6 is 11.8 Å². The van der Waals surface area contributed by atoms with Crippen LogP contribution < -0.4 is 5.32 Å². The first-order valence-corrected chi connectivity index (χ1v) is 9.04. The Morgan fingerprint density at radius 1 is 1.37 bits per heavy atom. The summed E-state index contributed by atoms with van der Waals surface area (Å²) in [5.41, 5.74) is 0. The first kappa shape index (κ1) is 15.2. The Bertz CT molecular complexity index is 279. The Balaban J connectivity index is 1.75. The number of amides is 1. The van der Waals surface area contributed by atoms with Gasteiger partial charge in [0.25, 0.3) is 0 Å². The summed E-state index contributed by atoms with van der Waals surface area (Å²) in [7, 11) is 0. The summed E-state index contributed by atoms with van der Waals surface area (Å²) in [5.74, 6) is 3.51. The average Bonchev–Trinajstić information content (AvgIpc) is 2.66. The molecule has 2 heterocycles. The third-order valence-electron chi connectivity index (χ3n) is 4.32. The quantitative estimate of drug-likeness (QED) is 0.861. The maximum absolute atomic E-state index is 12.4. The fourth-order valence-corrected chi connectivity index (χ4v) is 4.15. The lowest BCUT2D eigenvalue weighted by Crippen LogP contribution is -2.42. The summed E-state index contributed by atoms with van der Waals surface area (Å²) in [4.78, 5) is 14.5. The Kier molecular flexibility index (Phi) is 6.51. The van der Waals surface area contributed by atoms with E-state index in [-0.39, 0.29) is 0 Å². The SMILES string of the molecule is CCCC1CCCN(C(=O)CC2CSCCN2)CC1. The van der Waals surface area contributed by atoms with Gasteiger partial charge < -0.3 is 10.2 Å². The summed E-state index contributed by atoms with van der Waals surface area (Å²) in [6, 6.07) is 0.404. The van der Waals surface area contributed by atoms with Gasteiger partial charge in [-0.3, -0.25) is 4.79 Å². The Hall–Kier alpha value is -0.220. The lowest BCUT2D eigenvalue weighted by molar-refractivity contribution is -0.131. The number of nitrogens with zero attached hydrogens (tertiary/aromatic N) is 1. The first-order valence-electron chi connectivity index (χ1n) is 7.88. The van der Waals surface area contributed by atoms with Crippen LogP contribution in [0.1, 0.15) is 45.4 Å². The van der Waals surface area contributed by atoms with E-state index in [1.54, 1.807) is 0 Å². The molecule has 110 valence electrons. The first-order chi connectivity index (χ1) is 9.29. The number of likely N-dealkylation sites (tertiary alicyclic amines) is 1. The molecular formula is C15H28N2OS. The number of hydrogen-bond acceptors (Lipinski definition) is 3. The third-order valence-corrected chi connectivity index (χ3v) is 5.45. The van der Waals surface area contributed by atoms with E-state index in [1.807, 2.05) is 11.8 Å². The summed E-state index contributed by atoms with van der Waals surface area (Å²) >= 11 is 1.97. The molecular weight excluding hydrogens is 256 g/mol. The number of carbonyl (C=O) groups is 1. The van der Waals surface area contributed by atoms with E-state index in [1.165, 1.54) is 37.9 Å². The lowest BCUT2D eigenvalue weighted by atomic mass is 9.96. The zero-order valence-corrected chi connectivity index (χ0v) is 13.0. The van der Waals surface area contributed by atoms with Crippen molar-refractivity contribution in [3.05, 3.63) is 0 Å². The van der Waals surface area contributed by atoms with Gasteiger partial charge in [-0.15, -0.1) is 0 Å². The maximum atomic E-state index is 12.4. The molecule has 2 aliphatic rings. The van der Waals surface area contributed by atoms with Crippen molar-refractivity contribution in [3.8, 4) is 0 Å². The highest BCUT2D eigenvalue weighted by atomic mass is 32.2. The highest BCUT2D eigenvalue weighted by molar-refractivity contribution is 7.99. The summed E-state index contributed by atoms with van der Waals surface area (Å²) in [6.45, 7) is 5.30. The molecule has 0 bridgehead atoms. The van der Waals surface area contributed by atoms with Gasteiger partial charge >= 0.3 is 0 Å². The van der Waals surface area contributed by atoms with Crippen LogP contribution in [0.4, 0.5) is 0 Å². The van der Waals surface area contributed by atoms with Gasteiger partial charge in [0.1, 0.15) is 0 Å². The molecule has 2 rings (SSSR count). The van der Waals surface area contributed by atoms with E-state index < -0.39 is 0 Å². The average molecular weight is 284 g/mol. The van der Waals surface area contributed by atoms with Crippen LogP contribution in [0.15, 0.2) is 0 Å². The number of carbonyl (C=O) groups excluding carboxylic acids is 1. The van der Waals surface area contributed by atoms with Crippen molar-refractivity contribution >= 4 is 17.7 Å². The molecule has 0 aromatic carbocycles. The van der Waals surface area contributed by atoms with Crippen LogP contribution in [0.2, 0.25) is 0 Å². The van der Waals surface area contributed by atoms with E-state index in [2.05, 4.69) is 17.1 Å². The molecule has 0 aromatic rings.